The van der Waals surface area contributed by atoms with Gasteiger partial charge < -0.3 is 65.5 Å². The minimum atomic E-state index is -0.689. The maximum absolute atomic E-state index is 15.0. The van der Waals surface area contributed by atoms with Crippen molar-refractivity contribution in [1.82, 2.24) is 60.4 Å². The van der Waals surface area contributed by atoms with Crippen LogP contribution in [0, 0.1) is 93.2 Å². The third-order valence-corrected chi connectivity index (χ3v) is 26.2. The molecule has 30 heteroatoms. The van der Waals surface area contributed by atoms with Crippen molar-refractivity contribution in [3.8, 4) is 22.7 Å². The Morgan fingerprint density at radius 2 is 0.578 bits per heavy atom. The van der Waals surface area contributed by atoms with Gasteiger partial charge in [0.1, 0.15) is 57.7 Å². The first-order valence-electron chi connectivity index (χ1n) is 49.7. The first kappa shape index (κ1) is 103. The van der Waals surface area contributed by atoms with E-state index < -0.39 is 35.4 Å². The summed E-state index contributed by atoms with van der Waals surface area (Å²) in [5.74, 6) is -1.56. The number of anilines is 4. The number of carbonyl (C=O) groups is 4. The minimum Gasteiger partial charge on any atom is -0.326 e. The van der Waals surface area contributed by atoms with Crippen LogP contribution in [0.3, 0.4) is 0 Å². The van der Waals surface area contributed by atoms with Crippen molar-refractivity contribution in [2.75, 3.05) is 47.4 Å². The normalized spacial score (nSPS) is 14.0. The molecule has 147 heavy (non-hydrogen) atoms. The number of aromatic nitrogens is 8. The molecule has 4 saturated carbocycles. The molecule has 4 aliphatic carbocycles. The molecule has 0 spiro atoms. The van der Waals surface area contributed by atoms with Crippen molar-refractivity contribution in [3.05, 3.63) is 450 Å². The Labute approximate surface area is 850 Å². The number of hydrogen-bond donors (Lipinski definition) is 12. The highest BCUT2D eigenvalue weighted by molar-refractivity contribution is 6.06. The Hall–Kier alpha value is -15.4. The molecule has 4 aliphatic rings. The molecule has 0 aliphatic heterocycles. The first-order chi connectivity index (χ1) is 71.2. The predicted molar refractivity (Wildman–Crippen MR) is 563 cm³/mol. The zero-order chi connectivity index (χ0) is 103. The highest BCUT2D eigenvalue weighted by Gasteiger charge is 2.33. The topological polar surface area (TPSA) is 340 Å². The molecule has 4 heterocycles. The van der Waals surface area contributed by atoms with Gasteiger partial charge >= 0.3 is 0 Å². The molecule has 754 valence electrons. The van der Waals surface area contributed by atoms with Crippen LogP contribution in [0.2, 0.25) is 0 Å². The molecule has 4 atom stereocenters. The number of amides is 4. The van der Waals surface area contributed by atoms with E-state index in [0.29, 0.717) is 131 Å². The highest BCUT2D eigenvalue weighted by atomic mass is 19.2. The molecule has 4 amide bonds. The minimum absolute atomic E-state index is 0.0277. The van der Waals surface area contributed by atoms with Gasteiger partial charge in [-0.05, 0) is 361 Å². The average Bonchev–Trinajstić information content (AvgIpc) is 1.31. The van der Waals surface area contributed by atoms with Crippen LogP contribution in [-0.4, -0.2) is 88.9 Å². The molecule has 16 aromatic rings. The second-order valence-electron chi connectivity index (χ2n) is 38.2. The summed E-state index contributed by atoms with van der Waals surface area (Å²) in [5, 5.41) is 43.8. The van der Waals surface area contributed by atoms with Gasteiger partial charge in [0.15, 0.2) is 0 Å². The van der Waals surface area contributed by atoms with Crippen molar-refractivity contribution in [2.24, 2.45) is 46.6 Å². The van der Waals surface area contributed by atoms with Gasteiger partial charge in [-0.25, -0.2) is 45.1 Å². The molecule has 20 rings (SSSR count). The molecule has 4 fully saturated rings. The molecule has 0 radical (unpaired) electrons. The molecule has 0 bridgehead atoms. The molecule has 4 unspecified atom stereocenters. The monoisotopic (exact) mass is 1980 g/mol. The zero-order valence-electron chi connectivity index (χ0n) is 82.5. The van der Waals surface area contributed by atoms with Crippen LogP contribution in [0.15, 0.2) is 297 Å². The van der Waals surface area contributed by atoms with Crippen LogP contribution in [0.1, 0.15) is 213 Å². The lowest BCUT2D eigenvalue weighted by atomic mass is 9.96. The maximum Gasteiger partial charge on any atom is 0.274 e. The van der Waals surface area contributed by atoms with Crippen LogP contribution < -0.4 is 65.5 Å². The second kappa shape index (κ2) is 47.6. The number of halogens is 6. The number of nitrogens with zero attached hydrogens (tertiary/aromatic N) is 8. The summed E-state index contributed by atoms with van der Waals surface area (Å²) in [6.07, 6.45) is 9.32. The van der Waals surface area contributed by atoms with Crippen molar-refractivity contribution in [3.63, 3.8) is 0 Å². The SMILES string of the molecule is Cc1cc(C(=O)Nc2cccc(C(NCC3CC3)c3c(F)cccc3F)c2)n(-c2cccc(CN)c2)n1.Cc1cc(C(=O)Nc2cccc(C(NCC3CC3)c3cc(F)ccc3F)c2)n(-c2cccc(CN)c2)n1.Cc1cc(C(=O)Nc2cccc(C(NCC3CC3)c3cccc(F)c3)c2)n(-c2cccc(CN)c2)n1.Cc1ccc(C(NCC2CC2)c2cccc(NC(=O)c3cc(C)nn3-c3cccc(CN)c3)c2)c(F)c1. The summed E-state index contributed by atoms with van der Waals surface area (Å²) in [5.41, 5.74) is 42.5. The molecule has 24 nitrogen and oxygen atoms in total. The zero-order valence-corrected chi connectivity index (χ0v) is 82.5. The summed E-state index contributed by atoms with van der Waals surface area (Å²) in [4.78, 5) is 53.4. The number of hydrogen-bond acceptors (Lipinski definition) is 16. The molecule has 0 saturated heterocycles. The highest BCUT2D eigenvalue weighted by Crippen LogP contribution is 2.39. The lowest BCUT2D eigenvalue weighted by Crippen LogP contribution is -2.26. The molecular formula is C117H120F6N20O4. The van der Waals surface area contributed by atoms with Crippen LogP contribution in [0.25, 0.3) is 22.7 Å². The quantitative estimate of drug-likeness (QED) is 0.0162. The Morgan fingerprint density at radius 1 is 0.286 bits per heavy atom. The third kappa shape index (κ3) is 27.1. The number of nitrogens with one attached hydrogen (secondary N) is 8. The van der Waals surface area contributed by atoms with Gasteiger partial charge in [-0.15, -0.1) is 0 Å². The fourth-order valence-electron chi connectivity index (χ4n) is 17.8. The fraction of sp³-hybridized carbons (Fsp3) is 0.248. The van der Waals surface area contributed by atoms with E-state index in [4.69, 9.17) is 22.9 Å². The Bertz CT molecular complexity index is 7360. The standard InChI is InChI=1S/C30H32FN5O.2C29H29F2N5O.C29H30FN5O/c1-19-9-12-26(27(31)13-19)29(33-18-21-10-11-21)23-6-4-7-24(16-23)34-30(37)28-14-20(2)35-36(28)25-8-3-5-22(15-25)17-32;1-18-13-26(36(35-18)23-8-2-5-20(14-23)16-32)29(37)34-22-7-3-6-21(15-22)28(33-17-19-11-12-19)27-24(30)9-4-10-25(27)31;1-18-12-27(36(35-18)24-7-2-4-20(13-24)16-32)29(37)34-23-6-3-5-21(14-23)28(33-17-19-8-9-19)25-15-22(30)10-11-26(25)31;1-19-13-27(35(34-19)26-10-2-5-21(14-26)17-31)29(36)33-25-9-4-7-23(16-25)28(32-18-20-11-12-20)22-6-3-8-24(30)15-22/h3-9,12-16,21,29,33H,10-11,17-18,32H2,1-2H3,(H,34,37);2-10,13-15,19,28,33H,11-12,16-17,32H2,1H3,(H,34,37);2-7,10-15,19,28,33H,8-9,16-17,32H2,1H3,(H,34,37);2-10,13-16,20,28,32H,11-12,17-18,31H2,1H3,(H,33,36). The average molecular weight is 1980 g/mol. The van der Waals surface area contributed by atoms with Gasteiger partial charge in [0, 0.05) is 65.6 Å². The maximum atomic E-state index is 15.0. The van der Waals surface area contributed by atoms with E-state index in [-0.39, 0.29) is 58.5 Å². The Balaban J connectivity index is 0.000000134. The second-order valence-corrected chi connectivity index (χ2v) is 38.2. The van der Waals surface area contributed by atoms with E-state index >= 15 is 0 Å². The van der Waals surface area contributed by atoms with E-state index in [0.717, 1.165) is 135 Å². The molecular weight excluding hydrogens is 1860 g/mol. The lowest BCUT2D eigenvalue weighted by molar-refractivity contribution is 0.101. The van der Waals surface area contributed by atoms with Gasteiger partial charge in [0.05, 0.1) is 69.7 Å². The van der Waals surface area contributed by atoms with E-state index in [2.05, 4.69) is 62.9 Å². The summed E-state index contributed by atoms with van der Waals surface area (Å²) in [6, 6.07) is 84.6. The van der Waals surface area contributed by atoms with Gasteiger partial charge in [-0.3, -0.25) is 19.2 Å². The number of benzene rings is 12. The van der Waals surface area contributed by atoms with Gasteiger partial charge in [-0.2, -0.15) is 20.4 Å². The number of nitrogens with two attached hydrogens (primary N) is 4. The number of rotatable bonds is 36. The number of carbonyl (C=O) groups excluding carboxylic acids is 4. The number of aryl methyl sites for hydroxylation is 5. The van der Waals surface area contributed by atoms with Crippen molar-refractivity contribution in [1.29, 1.82) is 0 Å². The van der Waals surface area contributed by atoms with Crippen molar-refractivity contribution >= 4 is 46.4 Å². The van der Waals surface area contributed by atoms with Crippen LogP contribution in [-0.2, 0) is 26.2 Å². The fourth-order valence-corrected chi connectivity index (χ4v) is 17.8. The van der Waals surface area contributed by atoms with Crippen LogP contribution >= 0.6 is 0 Å². The van der Waals surface area contributed by atoms with Gasteiger partial charge in [0.2, 0.25) is 0 Å². The van der Waals surface area contributed by atoms with E-state index in [1.54, 1.807) is 104 Å². The predicted octanol–water partition coefficient (Wildman–Crippen LogP) is 21.1. The molecule has 4 aromatic heterocycles. The van der Waals surface area contributed by atoms with Crippen molar-refractivity contribution < 1.29 is 45.5 Å². The van der Waals surface area contributed by atoms with Crippen LogP contribution in [0.4, 0.5) is 49.1 Å². The molecule has 16 N–H and O–H groups in total. The van der Waals surface area contributed by atoms with E-state index in [1.165, 1.54) is 56.0 Å². The summed E-state index contributed by atoms with van der Waals surface area (Å²) in [7, 11) is 0. The Kier molecular flexibility index (Phi) is 33.4. The smallest absolute Gasteiger partial charge is 0.274 e. The summed E-state index contributed by atoms with van der Waals surface area (Å²) in [6.45, 7) is 13.9. The third-order valence-electron chi connectivity index (χ3n) is 26.2. The van der Waals surface area contributed by atoms with Gasteiger partial charge in [-0.1, -0.05) is 127 Å². The summed E-state index contributed by atoms with van der Waals surface area (Å²) < 4.78 is 93.8. The Morgan fingerprint density at radius 3 is 0.912 bits per heavy atom. The summed E-state index contributed by atoms with van der Waals surface area (Å²) >= 11 is 0. The van der Waals surface area contributed by atoms with Gasteiger partial charge in [0.25, 0.3) is 23.6 Å². The van der Waals surface area contributed by atoms with Crippen molar-refractivity contribution in [2.45, 2.75) is 136 Å². The van der Waals surface area contributed by atoms with E-state index in [1.807, 2.05) is 204 Å². The molecule has 12 aromatic carbocycles. The lowest BCUT2D eigenvalue weighted by Gasteiger charge is -2.22. The first-order valence-corrected chi connectivity index (χ1v) is 49.7. The van der Waals surface area contributed by atoms with Crippen LogP contribution in [0.5, 0.6) is 0 Å². The van der Waals surface area contributed by atoms with E-state index in [9.17, 15) is 45.5 Å². The largest absolute Gasteiger partial charge is 0.326 e.